The number of tetrazole rings is 1. The van der Waals surface area contributed by atoms with E-state index >= 15 is 0 Å². The van der Waals surface area contributed by atoms with Crippen LogP contribution in [-0.2, 0) is 21.6 Å². The number of hydrogen-bond acceptors (Lipinski definition) is 6. The minimum absolute atomic E-state index is 0.227. The molecule has 0 spiro atoms. The molecule has 9 heteroatoms. The summed E-state index contributed by atoms with van der Waals surface area (Å²) in [7, 11) is 0. The number of carbonyl (C=O) groups is 2. The van der Waals surface area contributed by atoms with Crippen molar-refractivity contribution in [1.82, 2.24) is 25.5 Å². The van der Waals surface area contributed by atoms with E-state index in [1.54, 1.807) is 25.7 Å². The highest BCUT2D eigenvalue weighted by molar-refractivity contribution is 5.98. The number of ether oxygens (including phenoxy) is 1. The van der Waals surface area contributed by atoms with Crippen LogP contribution in [0.15, 0.2) is 170 Å². The Labute approximate surface area is 334 Å². The highest BCUT2D eigenvalue weighted by Gasteiger charge is 2.42. The summed E-state index contributed by atoms with van der Waals surface area (Å²) in [6.45, 7) is 7.55. The topological polar surface area (TPSA) is 102 Å². The fraction of sp³-hybridized carbons (Fsp3) is 0.188. The molecule has 9 nitrogen and oxygen atoms in total. The first-order valence-corrected chi connectivity index (χ1v) is 19.2. The van der Waals surface area contributed by atoms with Crippen LogP contribution in [-0.4, -0.2) is 43.9 Å². The van der Waals surface area contributed by atoms with Gasteiger partial charge in [-0.1, -0.05) is 165 Å². The standard InChI is InChI=1S/C48H46N6O3/c1-5-43(49-46(56)57-47(2,3)4)45(55)53(40-26-16-9-17-27-40)34-35-30-32-36(33-31-35)41-28-18-19-29-42(41)44-50-51-52-54(44)48(37-20-10-6-11-21-37,38-22-12-7-13-23-38)39-24-14-8-15-25-39/h6-33,43H,5,34H2,1-4H3,(H,49,56)/t43-/m1/s1. The molecule has 2 amide bonds. The first-order valence-electron chi connectivity index (χ1n) is 19.2. The summed E-state index contributed by atoms with van der Waals surface area (Å²) in [4.78, 5) is 28.5. The number of amides is 2. The number of nitrogens with one attached hydrogen (secondary N) is 1. The van der Waals surface area contributed by atoms with Gasteiger partial charge in [0.2, 0.25) is 5.91 Å². The normalized spacial score (nSPS) is 12.1. The summed E-state index contributed by atoms with van der Waals surface area (Å²) < 4.78 is 7.42. The molecule has 0 radical (unpaired) electrons. The molecular formula is C48H46N6O3. The van der Waals surface area contributed by atoms with E-state index < -0.39 is 23.3 Å². The molecule has 0 aliphatic heterocycles. The first-order chi connectivity index (χ1) is 27.7. The van der Waals surface area contributed by atoms with Crippen LogP contribution in [0.1, 0.15) is 56.4 Å². The number of anilines is 1. The van der Waals surface area contributed by atoms with Gasteiger partial charge in [-0.3, -0.25) is 4.79 Å². The second kappa shape index (κ2) is 16.9. The van der Waals surface area contributed by atoms with Crippen molar-refractivity contribution in [1.29, 1.82) is 0 Å². The molecule has 57 heavy (non-hydrogen) atoms. The van der Waals surface area contributed by atoms with Gasteiger partial charge in [-0.25, -0.2) is 9.48 Å². The van der Waals surface area contributed by atoms with Gasteiger partial charge in [0, 0.05) is 11.3 Å². The lowest BCUT2D eigenvalue weighted by molar-refractivity contribution is -0.120. The number of hydrogen-bond donors (Lipinski definition) is 1. The molecule has 0 bridgehead atoms. The molecule has 7 aromatic rings. The number of aromatic nitrogens is 4. The molecule has 1 heterocycles. The van der Waals surface area contributed by atoms with E-state index in [0.29, 0.717) is 18.8 Å². The molecule has 0 saturated heterocycles. The third kappa shape index (κ3) is 8.23. The maximum absolute atomic E-state index is 14.1. The number of para-hydroxylation sites is 1. The van der Waals surface area contributed by atoms with Crippen LogP contribution in [0.4, 0.5) is 10.5 Å². The summed E-state index contributed by atoms with van der Waals surface area (Å²) in [5.74, 6) is 0.379. The number of rotatable bonds is 12. The molecule has 0 aliphatic rings. The average Bonchev–Trinajstić information content (AvgIpc) is 3.73. The smallest absolute Gasteiger partial charge is 0.408 e. The van der Waals surface area contributed by atoms with E-state index in [1.807, 2.05) is 121 Å². The van der Waals surface area contributed by atoms with Crippen LogP contribution < -0.4 is 10.2 Å². The van der Waals surface area contributed by atoms with Crippen LogP contribution in [0.3, 0.4) is 0 Å². The molecule has 0 fully saturated rings. The van der Waals surface area contributed by atoms with Gasteiger partial charge in [0.1, 0.15) is 17.2 Å². The number of alkyl carbamates (subject to hydrolysis) is 1. The van der Waals surface area contributed by atoms with Crippen LogP contribution >= 0.6 is 0 Å². The molecule has 1 aromatic heterocycles. The van der Waals surface area contributed by atoms with Gasteiger partial charge in [0.15, 0.2) is 5.82 Å². The van der Waals surface area contributed by atoms with E-state index in [4.69, 9.17) is 15.0 Å². The Bertz CT molecular complexity index is 2300. The van der Waals surface area contributed by atoms with E-state index in [-0.39, 0.29) is 5.91 Å². The van der Waals surface area contributed by atoms with Crippen LogP contribution in [0.2, 0.25) is 0 Å². The summed E-state index contributed by atoms with van der Waals surface area (Å²) in [5, 5.41) is 16.6. The van der Waals surface area contributed by atoms with Gasteiger partial charge < -0.3 is 15.0 Å². The predicted octanol–water partition coefficient (Wildman–Crippen LogP) is 9.68. The summed E-state index contributed by atoms with van der Waals surface area (Å²) in [5.41, 5.74) is 5.88. The van der Waals surface area contributed by atoms with Crippen molar-refractivity contribution < 1.29 is 14.3 Å². The zero-order chi connectivity index (χ0) is 39.8. The highest BCUT2D eigenvalue weighted by Crippen LogP contribution is 2.43. The van der Waals surface area contributed by atoms with E-state index in [0.717, 1.165) is 44.6 Å². The van der Waals surface area contributed by atoms with Crippen LogP contribution in [0.25, 0.3) is 22.5 Å². The lowest BCUT2D eigenvalue weighted by Gasteiger charge is -2.36. The summed E-state index contributed by atoms with van der Waals surface area (Å²) in [6, 6.07) is 56.1. The predicted molar refractivity (Wildman–Crippen MR) is 224 cm³/mol. The van der Waals surface area contributed by atoms with E-state index in [2.05, 4.69) is 71.2 Å². The molecule has 0 aliphatic carbocycles. The lowest BCUT2D eigenvalue weighted by atomic mass is 9.77. The SMILES string of the molecule is CC[C@@H](NC(=O)OC(C)(C)C)C(=O)N(Cc1ccc(-c2ccccc2-c2nnnn2C(c2ccccc2)(c2ccccc2)c2ccccc2)cc1)c1ccccc1. The molecule has 0 unspecified atom stereocenters. The largest absolute Gasteiger partial charge is 0.444 e. The Morgan fingerprint density at radius 2 is 1.16 bits per heavy atom. The van der Waals surface area contributed by atoms with Gasteiger partial charge in [0.25, 0.3) is 0 Å². The van der Waals surface area contributed by atoms with E-state index in [9.17, 15) is 9.59 Å². The van der Waals surface area contributed by atoms with Crippen molar-refractivity contribution in [2.24, 2.45) is 0 Å². The maximum atomic E-state index is 14.1. The quantitative estimate of drug-likeness (QED) is 0.125. The Morgan fingerprint density at radius 1 is 0.667 bits per heavy atom. The minimum Gasteiger partial charge on any atom is -0.444 e. The van der Waals surface area contributed by atoms with Crippen molar-refractivity contribution in [3.63, 3.8) is 0 Å². The van der Waals surface area contributed by atoms with Crippen LogP contribution in [0, 0.1) is 0 Å². The molecule has 1 N–H and O–H groups in total. The van der Waals surface area contributed by atoms with Gasteiger partial charge in [-0.05, 0) is 83.1 Å². The van der Waals surface area contributed by atoms with Gasteiger partial charge in [0.05, 0.1) is 6.54 Å². The van der Waals surface area contributed by atoms with Gasteiger partial charge >= 0.3 is 6.09 Å². The third-order valence-electron chi connectivity index (χ3n) is 9.87. The number of benzene rings is 6. The minimum atomic E-state index is -0.901. The Morgan fingerprint density at radius 3 is 1.67 bits per heavy atom. The molecule has 6 aromatic carbocycles. The fourth-order valence-corrected chi connectivity index (χ4v) is 7.27. The Hall–Kier alpha value is -6.87. The molecule has 0 saturated carbocycles. The zero-order valence-corrected chi connectivity index (χ0v) is 32.6. The molecule has 7 rings (SSSR count). The van der Waals surface area contributed by atoms with Crippen molar-refractivity contribution in [3.8, 4) is 22.5 Å². The summed E-state index contributed by atoms with van der Waals surface area (Å²) in [6.07, 6.45) is -0.227. The average molecular weight is 755 g/mol. The van der Waals surface area contributed by atoms with E-state index in [1.165, 1.54) is 0 Å². The second-order valence-electron chi connectivity index (χ2n) is 14.8. The van der Waals surface area contributed by atoms with Gasteiger partial charge in [-0.15, -0.1) is 5.10 Å². The van der Waals surface area contributed by atoms with Crippen molar-refractivity contribution in [3.05, 3.63) is 192 Å². The molecule has 286 valence electrons. The first kappa shape index (κ1) is 38.4. The Kier molecular flexibility index (Phi) is 11.4. The Balaban J connectivity index is 1.26. The zero-order valence-electron chi connectivity index (χ0n) is 32.6. The van der Waals surface area contributed by atoms with Crippen LogP contribution in [0.5, 0.6) is 0 Å². The number of nitrogens with zero attached hydrogens (tertiary/aromatic N) is 5. The molecule has 1 atom stereocenters. The number of carbonyl (C=O) groups excluding carboxylic acids is 2. The lowest BCUT2D eigenvalue weighted by Crippen LogP contribution is -2.49. The fourth-order valence-electron chi connectivity index (χ4n) is 7.27. The van der Waals surface area contributed by atoms with Crippen molar-refractivity contribution in [2.75, 3.05) is 4.90 Å². The van der Waals surface area contributed by atoms with Crippen molar-refractivity contribution in [2.45, 2.75) is 57.8 Å². The van der Waals surface area contributed by atoms with Gasteiger partial charge in [-0.2, -0.15) is 0 Å². The highest BCUT2D eigenvalue weighted by atomic mass is 16.6. The molecular weight excluding hydrogens is 709 g/mol. The maximum Gasteiger partial charge on any atom is 0.408 e. The monoisotopic (exact) mass is 754 g/mol. The van der Waals surface area contributed by atoms with Crippen molar-refractivity contribution >= 4 is 17.7 Å². The second-order valence-corrected chi connectivity index (χ2v) is 14.8. The summed E-state index contributed by atoms with van der Waals surface area (Å²) >= 11 is 0. The third-order valence-corrected chi connectivity index (χ3v) is 9.87.